The molecule has 28 heavy (non-hydrogen) atoms. The van der Waals surface area contributed by atoms with Crippen LogP contribution in [0.15, 0.2) is 42.5 Å². The average Bonchev–Trinajstić information content (AvgIpc) is 2.66. The van der Waals surface area contributed by atoms with Gasteiger partial charge in [0.2, 0.25) is 0 Å². The van der Waals surface area contributed by atoms with Crippen LogP contribution in [0.1, 0.15) is 15.9 Å². The fourth-order valence-corrected chi connectivity index (χ4v) is 2.47. The highest BCUT2D eigenvalue weighted by molar-refractivity contribution is 5.99. The van der Waals surface area contributed by atoms with E-state index in [0.717, 1.165) is 24.3 Å². The van der Waals surface area contributed by atoms with Crippen LogP contribution in [-0.4, -0.2) is 43.5 Å². The van der Waals surface area contributed by atoms with E-state index in [-0.39, 0.29) is 16.9 Å². The minimum Gasteiger partial charge on any atom is -0.497 e. The highest BCUT2D eigenvalue weighted by Gasteiger charge is 2.43. The van der Waals surface area contributed by atoms with Crippen LogP contribution in [0.25, 0.3) is 0 Å². The molecule has 0 aliphatic heterocycles. The van der Waals surface area contributed by atoms with Gasteiger partial charge in [-0.2, -0.15) is 13.2 Å². The van der Waals surface area contributed by atoms with Crippen molar-refractivity contribution in [1.29, 1.82) is 0 Å². The summed E-state index contributed by atoms with van der Waals surface area (Å²) in [6, 6.07) is 8.69. The first-order valence-corrected chi connectivity index (χ1v) is 8.01. The Morgan fingerprint density at radius 2 is 1.64 bits per heavy atom. The minimum absolute atomic E-state index is 0.0110. The summed E-state index contributed by atoms with van der Waals surface area (Å²) in [5.41, 5.74) is 0.246. The second kappa shape index (κ2) is 8.73. The van der Waals surface area contributed by atoms with Crippen molar-refractivity contribution in [2.75, 3.05) is 20.8 Å². The Kier molecular flexibility index (Phi) is 6.61. The van der Waals surface area contributed by atoms with E-state index >= 15 is 0 Å². The number of benzene rings is 2. The molecule has 1 amide bonds. The summed E-state index contributed by atoms with van der Waals surface area (Å²) in [6.45, 7) is -1.35. The molecule has 0 unspecified atom stereocenters. The molecule has 0 spiro atoms. The molecular formula is C19H17F4NO4. The van der Waals surface area contributed by atoms with Gasteiger partial charge >= 0.3 is 12.1 Å². The van der Waals surface area contributed by atoms with E-state index in [9.17, 15) is 27.2 Å². The van der Waals surface area contributed by atoms with Crippen molar-refractivity contribution < 1.29 is 36.6 Å². The quantitative estimate of drug-likeness (QED) is 0.527. The van der Waals surface area contributed by atoms with Gasteiger partial charge in [0.05, 0.1) is 27.3 Å². The first-order chi connectivity index (χ1) is 13.2. The number of ketones is 1. The summed E-state index contributed by atoms with van der Waals surface area (Å²) in [4.78, 5) is 24.5. The molecule has 0 aromatic heterocycles. The molecule has 2 rings (SSSR count). The van der Waals surface area contributed by atoms with Gasteiger partial charge in [0.25, 0.3) is 0 Å². The monoisotopic (exact) mass is 399 g/mol. The van der Waals surface area contributed by atoms with Crippen LogP contribution in [0, 0.1) is 5.82 Å². The molecule has 0 atom stereocenters. The Morgan fingerprint density at radius 3 is 2.18 bits per heavy atom. The lowest BCUT2D eigenvalue weighted by atomic mass is 10.1. The molecule has 0 aliphatic rings. The number of carbonyl (C=O) groups is 2. The zero-order valence-electron chi connectivity index (χ0n) is 15.0. The fraction of sp³-hybridized carbons (Fsp3) is 0.263. The third-order valence-corrected chi connectivity index (χ3v) is 3.89. The van der Waals surface area contributed by atoms with Gasteiger partial charge in [0.1, 0.15) is 17.3 Å². The largest absolute Gasteiger partial charge is 0.497 e. The van der Waals surface area contributed by atoms with Crippen LogP contribution >= 0.6 is 0 Å². The van der Waals surface area contributed by atoms with Gasteiger partial charge in [0.15, 0.2) is 5.78 Å². The Hall–Kier alpha value is -3.10. The maximum atomic E-state index is 13.0. The van der Waals surface area contributed by atoms with Gasteiger partial charge in [-0.05, 0) is 36.4 Å². The zero-order valence-corrected chi connectivity index (χ0v) is 15.0. The standard InChI is InChI=1S/C19H17F4NO4/c1-27-15-8-5-13(17(9-15)28-2)10-24(18(26)19(21,22)23)11-16(25)12-3-6-14(20)7-4-12/h3-9H,10-11H2,1-2H3. The molecule has 0 saturated carbocycles. The van der Waals surface area contributed by atoms with E-state index in [0.29, 0.717) is 10.6 Å². The minimum atomic E-state index is -5.16. The van der Waals surface area contributed by atoms with Crippen molar-refractivity contribution in [2.24, 2.45) is 0 Å². The first-order valence-electron chi connectivity index (χ1n) is 8.01. The van der Waals surface area contributed by atoms with Crippen LogP contribution in [0.2, 0.25) is 0 Å². The van der Waals surface area contributed by atoms with Crippen molar-refractivity contribution >= 4 is 11.7 Å². The van der Waals surface area contributed by atoms with Crippen LogP contribution in [0.3, 0.4) is 0 Å². The lowest BCUT2D eigenvalue weighted by molar-refractivity contribution is -0.185. The van der Waals surface area contributed by atoms with Crippen molar-refractivity contribution in [2.45, 2.75) is 12.7 Å². The van der Waals surface area contributed by atoms with Gasteiger partial charge in [-0.25, -0.2) is 4.39 Å². The number of hydrogen-bond donors (Lipinski definition) is 0. The SMILES string of the molecule is COc1ccc(CN(CC(=O)c2ccc(F)cc2)C(=O)C(F)(F)F)c(OC)c1. The van der Waals surface area contributed by atoms with Gasteiger partial charge in [-0.15, -0.1) is 0 Å². The number of amides is 1. The third kappa shape index (κ3) is 5.21. The maximum absolute atomic E-state index is 13.0. The van der Waals surface area contributed by atoms with Gasteiger partial charge < -0.3 is 14.4 Å². The summed E-state index contributed by atoms with van der Waals surface area (Å²) in [5, 5.41) is 0. The fourth-order valence-electron chi connectivity index (χ4n) is 2.47. The number of hydrogen-bond acceptors (Lipinski definition) is 4. The summed E-state index contributed by atoms with van der Waals surface area (Å²) in [5.74, 6) is -2.90. The van der Waals surface area contributed by atoms with Crippen molar-refractivity contribution in [3.05, 3.63) is 59.4 Å². The molecule has 0 saturated heterocycles. The van der Waals surface area contributed by atoms with Crippen molar-refractivity contribution in [3.63, 3.8) is 0 Å². The summed E-state index contributed by atoms with van der Waals surface area (Å²) >= 11 is 0. The number of Topliss-reactive ketones (excluding diaryl/α,β-unsaturated/α-hetero) is 1. The van der Waals surface area contributed by atoms with E-state index in [1.54, 1.807) is 0 Å². The number of carbonyl (C=O) groups excluding carboxylic acids is 2. The Balaban J connectivity index is 2.31. The maximum Gasteiger partial charge on any atom is 0.471 e. The van der Waals surface area contributed by atoms with Gasteiger partial charge in [-0.1, -0.05) is 0 Å². The van der Waals surface area contributed by atoms with Crippen molar-refractivity contribution in [1.82, 2.24) is 4.90 Å². The molecular weight excluding hydrogens is 382 g/mol. The predicted octanol–water partition coefficient (Wildman–Crippen LogP) is 3.62. The lowest BCUT2D eigenvalue weighted by Crippen LogP contribution is -2.43. The van der Waals surface area contributed by atoms with E-state index in [2.05, 4.69) is 0 Å². The Bertz CT molecular complexity index is 850. The molecule has 0 fully saturated rings. The zero-order chi connectivity index (χ0) is 20.9. The molecule has 0 bridgehead atoms. The van der Waals surface area contributed by atoms with E-state index in [1.165, 1.54) is 32.4 Å². The van der Waals surface area contributed by atoms with Crippen LogP contribution in [-0.2, 0) is 11.3 Å². The lowest BCUT2D eigenvalue weighted by Gasteiger charge is -2.24. The van der Waals surface area contributed by atoms with Crippen molar-refractivity contribution in [3.8, 4) is 11.5 Å². The summed E-state index contributed by atoms with van der Waals surface area (Å²) in [7, 11) is 2.73. The molecule has 5 nitrogen and oxygen atoms in total. The van der Waals surface area contributed by atoms with E-state index in [4.69, 9.17) is 9.47 Å². The number of alkyl halides is 3. The Labute approximate surface area is 158 Å². The van der Waals surface area contributed by atoms with E-state index in [1.807, 2.05) is 0 Å². The molecule has 2 aromatic carbocycles. The molecule has 0 radical (unpaired) electrons. The van der Waals surface area contributed by atoms with E-state index < -0.39 is 36.8 Å². The van der Waals surface area contributed by atoms with Crippen LogP contribution in [0.5, 0.6) is 11.5 Å². The number of nitrogens with zero attached hydrogens (tertiary/aromatic N) is 1. The number of ether oxygens (including phenoxy) is 2. The molecule has 9 heteroatoms. The van der Waals surface area contributed by atoms with Crippen LogP contribution < -0.4 is 9.47 Å². The number of halogens is 4. The number of rotatable bonds is 7. The molecule has 0 N–H and O–H groups in total. The molecule has 2 aromatic rings. The second-order valence-electron chi connectivity index (χ2n) is 5.77. The van der Waals surface area contributed by atoms with Crippen LogP contribution in [0.4, 0.5) is 17.6 Å². The predicted molar refractivity (Wildman–Crippen MR) is 91.7 cm³/mol. The third-order valence-electron chi connectivity index (χ3n) is 3.89. The average molecular weight is 399 g/mol. The van der Waals surface area contributed by atoms with Gasteiger partial charge in [-0.3, -0.25) is 9.59 Å². The highest BCUT2D eigenvalue weighted by Crippen LogP contribution is 2.27. The topological polar surface area (TPSA) is 55.8 Å². The molecule has 150 valence electrons. The second-order valence-corrected chi connectivity index (χ2v) is 5.77. The van der Waals surface area contributed by atoms with Gasteiger partial charge in [0, 0.05) is 17.2 Å². The first kappa shape index (κ1) is 21.2. The summed E-state index contributed by atoms with van der Waals surface area (Å²) in [6.07, 6.45) is -5.16. The normalized spacial score (nSPS) is 11.1. The Morgan fingerprint density at radius 1 is 1.00 bits per heavy atom. The smallest absolute Gasteiger partial charge is 0.471 e. The summed E-state index contributed by atoms with van der Waals surface area (Å²) < 4.78 is 62.2. The number of methoxy groups -OCH3 is 2. The molecule has 0 heterocycles. The molecule has 0 aliphatic carbocycles. The highest BCUT2D eigenvalue weighted by atomic mass is 19.4.